The molecule has 0 aliphatic rings. The maximum Gasteiger partial charge on any atom is 0.407 e. The fourth-order valence-electron chi connectivity index (χ4n) is 2.87. The molecule has 2 amide bonds. The highest BCUT2D eigenvalue weighted by Gasteiger charge is 2.20. The van der Waals surface area contributed by atoms with Gasteiger partial charge < -0.3 is 20.1 Å². The predicted octanol–water partition coefficient (Wildman–Crippen LogP) is 4.05. The van der Waals surface area contributed by atoms with Crippen molar-refractivity contribution < 1.29 is 27.5 Å². The van der Waals surface area contributed by atoms with E-state index in [2.05, 4.69) is 15.4 Å². The average molecular weight is 478 g/mol. The van der Waals surface area contributed by atoms with Gasteiger partial charge in [-0.2, -0.15) is 0 Å². The molecule has 33 heavy (non-hydrogen) atoms. The number of carbonyl (C=O) groups is 2. The zero-order valence-corrected chi connectivity index (χ0v) is 20.3. The van der Waals surface area contributed by atoms with E-state index >= 15 is 0 Å². The molecule has 0 saturated heterocycles. The third-order valence-electron chi connectivity index (χ3n) is 4.36. The lowest BCUT2D eigenvalue weighted by molar-refractivity contribution is -0.116. The van der Waals surface area contributed by atoms with Crippen LogP contribution < -0.4 is 20.1 Å². The van der Waals surface area contributed by atoms with Gasteiger partial charge in [-0.1, -0.05) is 18.2 Å². The first-order chi connectivity index (χ1) is 15.4. The highest BCUT2D eigenvalue weighted by atomic mass is 32.2. The van der Waals surface area contributed by atoms with Crippen LogP contribution in [-0.4, -0.2) is 39.7 Å². The molecule has 0 aromatic heterocycles. The molecule has 0 saturated carbocycles. The Morgan fingerprint density at radius 3 is 2.42 bits per heavy atom. The monoisotopic (exact) mass is 477 g/mol. The van der Waals surface area contributed by atoms with Gasteiger partial charge in [0.05, 0.1) is 17.7 Å². The molecule has 0 aliphatic heterocycles. The van der Waals surface area contributed by atoms with Crippen LogP contribution in [0, 0.1) is 6.92 Å². The molecule has 0 spiro atoms. The van der Waals surface area contributed by atoms with Gasteiger partial charge in [0.2, 0.25) is 5.91 Å². The Morgan fingerprint density at radius 2 is 1.76 bits per heavy atom. The second-order valence-corrected chi connectivity index (χ2v) is 10.0. The van der Waals surface area contributed by atoms with Gasteiger partial charge in [0.15, 0.2) is 0 Å². The number of nitrogens with one attached hydrogen (secondary N) is 3. The largest absolute Gasteiger partial charge is 0.495 e. The van der Waals surface area contributed by atoms with Crippen molar-refractivity contribution in [3.63, 3.8) is 0 Å². The Morgan fingerprint density at radius 1 is 1.06 bits per heavy atom. The Kier molecular flexibility index (Phi) is 8.69. The summed E-state index contributed by atoms with van der Waals surface area (Å²) >= 11 is 0. The first-order valence-corrected chi connectivity index (χ1v) is 11.9. The number of carbonyl (C=O) groups excluding carboxylic acids is 2. The van der Waals surface area contributed by atoms with Crippen molar-refractivity contribution in [3.8, 4) is 5.75 Å². The molecule has 0 fully saturated rings. The number of sulfonamides is 1. The van der Waals surface area contributed by atoms with Gasteiger partial charge in [0.1, 0.15) is 11.4 Å². The van der Waals surface area contributed by atoms with Crippen LogP contribution in [0.2, 0.25) is 0 Å². The molecule has 180 valence electrons. The highest BCUT2D eigenvalue weighted by molar-refractivity contribution is 7.92. The zero-order valence-electron chi connectivity index (χ0n) is 19.5. The lowest BCUT2D eigenvalue weighted by Crippen LogP contribution is -2.33. The SMILES string of the molecule is COc1ccccc1NS(=O)(=O)c1cc(NC(=O)CCCNC(=O)OC(C)(C)C)ccc1C. The maximum atomic E-state index is 13.0. The topological polar surface area (TPSA) is 123 Å². The number of methoxy groups -OCH3 is 1. The normalized spacial score (nSPS) is 11.4. The molecule has 0 heterocycles. The number of aryl methyl sites for hydroxylation is 1. The minimum absolute atomic E-state index is 0.0396. The molecule has 0 bridgehead atoms. The Bertz CT molecular complexity index is 1090. The Labute approximate surface area is 194 Å². The minimum Gasteiger partial charge on any atom is -0.495 e. The number of hydrogen-bond acceptors (Lipinski definition) is 6. The molecule has 0 atom stereocenters. The van der Waals surface area contributed by atoms with Crippen LogP contribution in [0.25, 0.3) is 0 Å². The number of anilines is 2. The molecule has 10 heteroatoms. The van der Waals surface area contributed by atoms with E-state index in [1.165, 1.54) is 13.2 Å². The predicted molar refractivity (Wildman–Crippen MR) is 127 cm³/mol. The van der Waals surface area contributed by atoms with Crippen LogP contribution in [0.1, 0.15) is 39.2 Å². The summed E-state index contributed by atoms with van der Waals surface area (Å²) in [6.45, 7) is 7.25. The summed E-state index contributed by atoms with van der Waals surface area (Å²) in [6.07, 6.45) is 0.00158. The van der Waals surface area contributed by atoms with E-state index in [9.17, 15) is 18.0 Å². The van der Waals surface area contributed by atoms with Crippen molar-refractivity contribution in [1.29, 1.82) is 0 Å². The average Bonchev–Trinajstić information content (AvgIpc) is 2.71. The number of alkyl carbamates (subject to hydrolysis) is 1. The highest BCUT2D eigenvalue weighted by Crippen LogP contribution is 2.28. The number of benzene rings is 2. The molecular formula is C23H31N3O6S. The summed E-state index contributed by atoms with van der Waals surface area (Å²) in [5.41, 5.74) is 0.597. The van der Waals surface area contributed by atoms with E-state index in [4.69, 9.17) is 9.47 Å². The zero-order chi connectivity index (χ0) is 24.6. The first kappa shape index (κ1) is 26.0. The minimum atomic E-state index is -3.92. The molecule has 2 aromatic carbocycles. The second-order valence-electron chi connectivity index (χ2n) is 8.37. The van der Waals surface area contributed by atoms with E-state index in [1.54, 1.807) is 64.1 Å². The summed E-state index contributed by atoms with van der Waals surface area (Å²) in [5, 5.41) is 5.28. The van der Waals surface area contributed by atoms with Crippen LogP contribution in [0.3, 0.4) is 0 Å². The van der Waals surface area contributed by atoms with Gasteiger partial charge in [-0.25, -0.2) is 13.2 Å². The fraction of sp³-hybridized carbons (Fsp3) is 0.391. The van der Waals surface area contributed by atoms with Crippen LogP contribution in [-0.2, 0) is 19.6 Å². The Balaban J connectivity index is 1.99. The van der Waals surface area contributed by atoms with Crippen LogP contribution in [0.5, 0.6) is 5.75 Å². The van der Waals surface area contributed by atoms with Crippen LogP contribution >= 0.6 is 0 Å². The van der Waals surface area contributed by atoms with E-state index in [0.717, 1.165) is 0 Å². The van der Waals surface area contributed by atoms with E-state index in [1.807, 2.05) is 0 Å². The number of ether oxygens (including phenoxy) is 2. The summed E-state index contributed by atoms with van der Waals surface area (Å²) in [6, 6.07) is 11.3. The third kappa shape index (κ3) is 8.30. The molecule has 0 unspecified atom stereocenters. The Hall–Kier alpha value is -3.27. The van der Waals surface area contributed by atoms with Gasteiger partial charge in [0.25, 0.3) is 10.0 Å². The van der Waals surface area contributed by atoms with Crippen molar-refractivity contribution in [3.05, 3.63) is 48.0 Å². The van der Waals surface area contributed by atoms with Crippen molar-refractivity contribution >= 4 is 33.4 Å². The third-order valence-corrected chi connectivity index (χ3v) is 5.87. The molecule has 0 radical (unpaired) electrons. The van der Waals surface area contributed by atoms with E-state index in [0.29, 0.717) is 29.1 Å². The molecular weight excluding hydrogens is 446 g/mol. The van der Waals surface area contributed by atoms with Crippen LogP contribution in [0.15, 0.2) is 47.4 Å². The summed E-state index contributed by atoms with van der Waals surface area (Å²) in [4.78, 5) is 23.9. The van der Waals surface area contributed by atoms with Gasteiger partial charge in [-0.3, -0.25) is 9.52 Å². The van der Waals surface area contributed by atoms with Crippen LogP contribution in [0.4, 0.5) is 16.2 Å². The van der Waals surface area contributed by atoms with Crippen molar-refractivity contribution in [2.45, 2.75) is 51.0 Å². The van der Waals surface area contributed by atoms with E-state index < -0.39 is 21.7 Å². The standard InChI is InChI=1S/C23H31N3O6S/c1-16-12-13-17(25-21(27)11-8-14-24-22(28)32-23(2,3)4)15-20(16)33(29,30)26-18-9-6-7-10-19(18)31-5/h6-7,9-10,12-13,15,26H,8,11,14H2,1-5H3,(H,24,28)(H,25,27). The van der Waals surface area contributed by atoms with Gasteiger partial charge in [-0.15, -0.1) is 0 Å². The number of rotatable bonds is 9. The summed E-state index contributed by atoms with van der Waals surface area (Å²) < 4.78 is 38.8. The van der Waals surface area contributed by atoms with Gasteiger partial charge in [0, 0.05) is 18.7 Å². The first-order valence-electron chi connectivity index (χ1n) is 10.4. The lowest BCUT2D eigenvalue weighted by atomic mass is 10.2. The summed E-state index contributed by atoms with van der Waals surface area (Å²) in [7, 11) is -2.47. The quantitative estimate of drug-likeness (QED) is 0.468. The van der Waals surface area contributed by atoms with E-state index in [-0.39, 0.29) is 23.8 Å². The van der Waals surface area contributed by atoms with Crippen molar-refractivity contribution in [1.82, 2.24) is 5.32 Å². The number of amides is 2. The van der Waals surface area contributed by atoms with Crippen molar-refractivity contribution in [2.75, 3.05) is 23.7 Å². The molecule has 3 N–H and O–H groups in total. The molecule has 2 rings (SSSR count). The fourth-order valence-corrected chi connectivity index (χ4v) is 4.22. The summed E-state index contributed by atoms with van der Waals surface area (Å²) in [5.74, 6) is 0.0917. The molecule has 9 nitrogen and oxygen atoms in total. The molecule has 0 aliphatic carbocycles. The van der Waals surface area contributed by atoms with Crippen molar-refractivity contribution in [2.24, 2.45) is 0 Å². The second kappa shape index (κ2) is 11.0. The number of hydrogen-bond donors (Lipinski definition) is 3. The molecule has 2 aromatic rings. The van der Waals surface area contributed by atoms with Gasteiger partial charge in [-0.05, 0) is 63.9 Å². The lowest BCUT2D eigenvalue weighted by Gasteiger charge is -2.19. The maximum absolute atomic E-state index is 13.0. The smallest absolute Gasteiger partial charge is 0.407 e. The number of para-hydroxylation sites is 2. The van der Waals surface area contributed by atoms with Gasteiger partial charge >= 0.3 is 6.09 Å².